The van der Waals surface area contributed by atoms with Crippen molar-refractivity contribution in [1.29, 1.82) is 0 Å². The average molecular weight is 312 g/mol. The molecular weight excluding hydrogens is 280 g/mol. The quantitative estimate of drug-likeness (QED) is 0.444. The van der Waals surface area contributed by atoms with Gasteiger partial charge < -0.3 is 28.2 Å². The number of hydrogen-bond acceptors (Lipinski definition) is 6. The Morgan fingerprint density at radius 3 is 1.65 bits per heavy atom. The molecule has 0 saturated heterocycles. The Morgan fingerprint density at radius 1 is 1.00 bits per heavy atom. The van der Waals surface area contributed by atoms with Crippen LogP contribution in [0.3, 0.4) is 0 Å². The molecule has 0 aliphatic rings. The van der Waals surface area contributed by atoms with E-state index < -0.39 is 14.9 Å². The van der Waals surface area contributed by atoms with Gasteiger partial charge in [0.1, 0.15) is 0 Å². The van der Waals surface area contributed by atoms with Gasteiger partial charge in [-0.15, -0.1) is 0 Å². The van der Waals surface area contributed by atoms with Gasteiger partial charge in [0, 0.05) is 39.6 Å². The summed E-state index contributed by atoms with van der Waals surface area (Å²) in [5, 5.41) is 16.0. The molecule has 0 aromatic heterocycles. The molecule has 2 N–H and O–H groups in total. The summed E-state index contributed by atoms with van der Waals surface area (Å²) in [4.78, 5) is 0. The minimum Gasteiger partial charge on any atom is -0.394 e. The van der Waals surface area contributed by atoms with Gasteiger partial charge in [-0.05, 0) is 34.1 Å². The van der Waals surface area contributed by atoms with Crippen molar-refractivity contribution in [2.45, 2.75) is 46.3 Å². The van der Waals surface area contributed by atoms with Crippen LogP contribution in [-0.2, 0) is 18.0 Å². The Hall–Kier alpha value is -0.0231. The Bertz CT molecular complexity index is 175. The highest BCUT2D eigenvalue weighted by Crippen LogP contribution is 2.17. The summed E-state index contributed by atoms with van der Waals surface area (Å²) in [5.41, 5.74) is 0. The van der Waals surface area contributed by atoms with Gasteiger partial charge in [0.05, 0.1) is 12.7 Å². The van der Waals surface area contributed by atoms with Gasteiger partial charge in [-0.25, -0.2) is 0 Å². The predicted molar refractivity (Wildman–Crippen MR) is 80.7 cm³/mol. The average Bonchev–Trinajstić information content (AvgIpc) is 2.40. The first-order valence-corrected chi connectivity index (χ1v) is 9.14. The van der Waals surface area contributed by atoms with E-state index in [9.17, 15) is 0 Å². The molecular formula is C13H32O6Si. The van der Waals surface area contributed by atoms with E-state index in [1.807, 2.05) is 20.8 Å². The van der Waals surface area contributed by atoms with E-state index in [-0.39, 0.29) is 6.61 Å². The van der Waals surface area contributed by atoms with Crippen molar-refractivity contribution in [2.24, 2.45) is 0 Å². The van der Waals surface area contributed by atoms with E-state index >= 15 is 0 Å². The molecule has 0 fully saturated rings. The third kappa shape index (κ3) is 13.0. The smallest absolute Gasteiger partial charge is 0.394 e. The van der Waals surface area contributed by atoms with E-state index in [4.69, 9.17) is 28.2 Å². The van der Waals surface area contributed by atoms with Crippen LogP contribution in [0.2, 0.25) is 6.04 Å². The standard InChI is InChI=1S/C10H24O4Si.C3H8O2/c1-5-12-15(13-6-2,14-7-3)10-8-9-11-4;1-3(5)2-4/h5-10H2,1-4H3;3-5H,2H2,1H3. The van der Waals surface area contributed by atoms with Crippen molar-refractivity contribution in [2.75, 3.05) is 40.1 Å². The maximum absolute atomic E-state index is 8.11. The Morgan fingerprint density at radius 2 is 1.40 bits per heavy atom. The van der Waals surface area contributed by atoms with Gasteiger partial charge in [-0.3, -0.25) is 0 Å². The Balaban J connectivity index is 0. The Labute approximate surface area is 124 Å². The van der Waals surface area contributed by atoms with E-state index in [0.29, 0.717) is 19.8 Å². The zero-order valence-corrected chi connectivity index (χ0v) is 14.6. The second kappa shape index (κ2) is 15.4. The summed E-state index contributed by atoms with van der Waals surface area (Å²) < 4.78 is 22.1. The summed E-state index contributed by atoms with van der Waals surface area (Å²) in [6.07, 6.45) is 0.359. The van der Waals surface area contributed by atoms with Crippen LogP contribution in [0.5, 0.6) is 0 Å². The van der Waals surface area contributed by atoms with Crippen LogP contribution >= 0.6 is 0 Å². The molecule has 0 aromatic carbocycles. The number of aliphatic hydroxyl groups excluding tert-OH is 2. The molecule has 20 heavy (non-hydrogen) atoms. The number of rotatable bonds is 11. The second-order valence-corrected chi connectivity index (χ2v) is 6.84. The van der Waals surface area contributed by atoms with Crippen LogP contribution in [-0.4, -0.2) is 65.3 Å². The van der Waals surface area contributed by atoms with Crippen molar-refractivity contribution in [1.82, 2.24) is 0 Å². The summed E-state index contributed by atoms with van der Waals surface area (Å²) >= 11 is 0. The molecule has 0 amide bonds. The third-order valence-electron chi connectivity index (χ3n) is 2.19. The van der Waals surface area contributed by atoms with Crippen LogP contribution in [0.4, 0.5) is 0 Å². The van der Waals surface area contributed by atoms with Gasteiger partial charge in [0.25, 0.3) is 0 Å². The lowest BCUT2D eigenvalue weighted by atomic mass is 10.5. The molecule has 0 bridgehead atoms. The topological polar surface area (TPSA) is 77.4 Å². The molecule has 0 rings (SSSR count). The normalized spacial score (nSPS) is 12.8. The maximum Gasteiger partial charge on any atom is 0.501 e. The third-order valence-corrected chi connectivity index (χ3v) is 5.34. The first-order valence-electron chi connectivity index (χ1n) is 7.21. The van der Waals surface area contributed by atoms with Crippen molar-refractivity contribution in [3.63, 3.8) is 0 Å². The fraction of sp³-hybridized carbons (Fsp3) is 1.00. The molecule has 6 nitrogen and oxygen atoms in total. The van der Waals surface area contributed by atoms with Crippen LogP contribution in [0, 0.1) is 0 Å². The molecule has 0 spiro atoms. The molecule has 124 valence electrons. The van der Waals surface area contributed by atoms with Crippen LogP contribution in [0.1, 0.15) is 34.1 Å². The lowest BCUT2D eigenvalue weighted by molar-refractivity contribution is 0.0682. The molecule has 0 aromatic rings. The van der Waals surface area contributed by atoms with Gasteiger partial charge in [-0.2, -0.15) is 0 Å². The van der Waals surface area contributed by atoms with Gasteiger partial charge in [0.2, 0.25) is 0 Å². The van der Waals surface area contributed by atoms with Gasteiger partial charge >= 0.3 is 8.80 Å². The molecule has 0 saturated carbocycles. The van der Waals surface area contributed by atoms with Crippen molar-refractivity contribution >= 4 is 8.80 Å². The lowest BCUT2D eigenvalue weighted by Gasteiger charge is -2.28. The highest BCUT2D eigenvalue weighted by Gasteiger charge is 2.39. The van der Waals surface area contributed by atoms with Gasteiger partial charge in [0.15, 0.2) is 0 Å². The van der Waals surface area contributed by atoms with Crippen LogP contribution < -0.4 is 0 Å². The highest BCUT2D eigenvalue weighted by atomic mass is 28.4. The zero-order chi connectivity index (χ0) is 15.9. The van der Waals surface area contributed by atoms with Crippen LogP contribution in [0.15, 0.2) is 0 Å². The number of aliphatic hydroxyl groups is 2. The van der Waals surface area contributed by atoms with E-state index in [0.717, 1.165) is 19.1 Å². The second-order valence-electron chi connectivity index (χ2n) is 4.11. The highest BCUT2D eigenvalue weighted by molar-refractivity contribution is 6.60. The summed E-state index contributed by atoms with van der Waals surface area (Å²) in [5.74, 6) is 0. The fourth-order valence-corrected chi connectivity index (χ4v) is 4.01. The zero-order valence-electron chi connectivity index (χ0n) is 13.6. The number of methoxy groups -OCH3 is 1. The minimum absolute atomic E-state index is 0.139. The molecule has 0 radical (unpaired) electrons. The van der Waals surface area contributed by atoms with E-state index in [1.165, 1.54) is 6.92 Å². The predicted octanol–water partition coefficient (Wildman–Crippen LogP) is 1.43. The van der Waals surface area contributed by atoms with E-state index in [1.54, 1.807) is 7.11 Å². The summed E-state index contributed by atoms with van der Waals surface area (Å²) in [7, 11) is -0.713. The molecule has 1 atom stereocenters. The monoisotopic (exact) mass is 312 g/mol. The maximum atomic E-state index is 8.11. The van der Waals surface area contributed by atoms with E-state index in [2.05, 4.69) is 0 Å². The molecule has 0 aliphatic heterocycles. The molecule has 1 unspecified atom stereocenters. The Kier molecular flexibility index (Phi) is 17.1. The first kappa shape index (κ1) is 22.3. The fourth-order valence-electron chi connectivity index (χ4n) is 1.43. The molecule has 7 heteroatoms. The summed E-state index contributed by atoms with van der Waals surface area (Å²) in [6.45, 7) is 9.93. The molecule has 0 aliphatic carbocycles. The first-order chi connectivity index (χ1) is 9.51. The van der Waals surface area contributed by atoms with Crippen molar-refractivity contribution in [3.05, 3.63) is 0 Å². The van der Waals surface area contributed by atoms with Crippen LogP contribution in [0.25, 0.3) is 0 Å². The minimum atomic E-state index is -2.41. The summed E-state index contributed by atoms with van der Waals surface area (Å²) in [6, 6.07) is 0.830. The van der Waals surface area contributed by atoms with Crippen molar-refractivity contribution < 1.29 is 28.2 Å². The SMILES string of the molecule is CC(O)CO.CCO[Si](CCCOC)(OCC)OCC. The number of ether oxygens (including phenoxy) is 1. The molecule has 0 heterocycles. The van der Waals surface area contributed by atoms with Crippen molar-refractivity contribution in [3.8, 4) is 0 Å². The van der Waals surface area contributed by atoms with Gasteiger partial charge in [-0.1, -0.05) is 0 Å². The largest absolute Gasteiger partial charge is 0.501 e. The number of hydrogen-bond donors (Lipinski definition) is 2. The lowest BCUT2D eigenvalue weighted by Crippen LogP contribution is -2.46.